The van der Waals surface area contributed by atoms with Crippen LogP contribution in [0.25, 0.3) is 0 Å². The van der Waals surface area contributed by atoms with E-state index >= 15 is 0 Å². The van der Waals surface area contributed by atoms with Crippen molar-refractivity contribution in [1.82, 2.24) is 10.6 Å². The standard InChI is InChI=1S/C12H20N2O.ClH/c15-11(14-6-9-3-4-9)12-5-1-2-10(12)7-13-8-12;/h9-10,13H,1-8H2,(H,14,15);1H/t10-,12-;/m1./s1. The van der Waals surface area contributed by atoms with Crippen molar-refractivity contribution < 1.29 is 4.79 Å². The van der Waals surface area contributed by atoms with E-state index in [-0.39, 0.29) is 17.8 Å². The Morgan fingerprint density at radius 2 is 2.19 bits per heavy atom. The second-order valence-electron chi connectivity index (χ2n) is 5.53. The van der Waals surface area contributed by atoms with Gasteiger partial charge < -0.3 is 10.6 Å². The average molecular weight is 245 g/mol. The molecule has 0 radical (unpaired) electrons. The predicted octanol–water partition coefficient (Wildman–Crippen LogP) is 1.32. The molecular formula is C12H21ClN2O. The van der Waals surface area contributed by atoms with Crippen LogP contribution in [0.1, 0.15) is 32.1 Å². The Hall–Kier alpha value is -0.280. The second-order valence-corrected chi connectivity index (χ2v) is 5.53. The number of rotatable bonds is 3. The van der Waals surface area contributed by atoms with E-state index in [4.69, 9.17) is 0 Å². The normalized spacial score (nSPS) is 36.6. The van der Waals surface area contributed by atoms with E-state index in [9.17, 15) is 4.79 Å². The SMILES string of the molecule is Cl.O=C(NCC1CC1)[C@@]12CCC[C@@H]1CNC2. The molecule has 3 aliphatic rings. The van der Waals surface area contributed by atoms with Crippen LogP contribution in [0.4, 0.5) is 0 Å². The third kappa shape index (κ3) is 1.95. The van der Waals surface area contributed by atoms with E-state index in [1.54, 1.807) is 0 Å². The molecule has 0 spiro atoms. The largest absolute Gasteiger partial charge is 0.355 e. The zero-order valence-electron chi connectivity index (χ0n) is 9.63. The lowest BCUT2D eigenvalue weighted by molar-refractivity contribution is -0.131. The van der Waals surface area contributed by atoms with Crippen molar-refractivity contribution in [3.63, 3.8) is 0 Å². The van der Waals surface area contributed by atoms with Crippen LogP contribution in [0, 0.1) is 17.3 Å². The Morgan fingerprint density at radius 3 is 2.94 bits per heavy atom. The number of nitrogens with one attached hydrogen (secondary N) is 2. The van der Waals surface area contributed by atoms with Crippen LogP contribution in [0.2, 0.25) is 0 Å². The summed E-state index contributed by atoms with van der Waals surface area (Å²) in [6, 6.07) is 0. The predicted molar refractivity (Wildman–Crippen MR) is 65.6 cm³/mol. The molecule has 16 heavy (non-hydrogen) atoms. The molecule has 2 aliphatic carbocycles. The van der Waals surface area contributed by atoms with E-state index in [1.807, 2.05) is 0 Å². The van der Waals surface area contributed by atoms with Gasteiger partial charge in [0.25, 0.3) is 0 Å². The van der Waals surface area contributed by atoms with Gasteiger partial charge in [0.05, 0.1) is 5.41 Å². The van der Waals surface area contributed by atoms with Crippen LogP contribution in [0.5, 0.6) is 0 Å². The molecule has 0 bridgehead atoms. The molecule has 4 heteroatoms. The van der Waals surface area contributed by atoms with Crippen molar-refractivity contribution in [2.45, 2.75) is 32.1 Å². The van der Waals surface area contributed by atoms with Crippen molar-refractivity contribution in [2.24, 2.45) is 17.3 Å². The molecule has 1 heterocycles. The highest BCUT2D eigenvalue weighted by Gasteiger charge is 2.51. The number of hydrogen-bond donors (Lipinski definition) is 2. The van der Waals surface area contributed by atoms with Gasteiger partial charge in [-0.2, -0.15) is 0 Å². The smallest absolute Gasteiger partial charge is 0.227 e. The molecule has 2 atom stereocenters. The molecule has 0 aromatic heterocycles. The summed E-state index contributed by atoms with van der Waals surface area (Å²) >= 11 is 0. The number of halogens is 1. The first-order valence-electron chi connectivity index (χ1n) is 6.30. The molecule has 0 aromatic rings. The van der Waals surface area contributed by atoms with Gasteiger partial charge in [-0.15, -0.1) is 12.4 Å². The summed E-state index contributed by atoms with van der Waals surface area (Å²) in [5.41, 5.74) is -0.0328. The Morgan fingerprint density at radius 1 is 1.38 bits per heavy atom. The van der Waals surface area contributed by atoms with Gasteiger partial charge in [0, 0.05) is 13.1 Å². The minimum absolute atomic E-state index is 0. The Bertz CT molecular complexity index is 268. The summed E-state index contributed by atoms with van der Waals surface area (Å²) in [7, 11) is 0. The third-order valence-electron chi connectivity index (χ3n) is 4.49. The zero-order chi connectivity index (χ0) is 10.3. The fourth-order valence-electron chi connectivity index (χ4n) is 3.26. The molecule has 3 fully saturated rings. The van der Waals surface area contributed by atoms with Crippen molar-refractivity contribution in [3.05, 3.63) is 0 Å². The lowest BCUT2D eigenvalue weighted by atomic mass is 9.80. The van der Waals surface area contributed by atoms with Gasteiger partial charge in [-0.25, -0.2) is 0 Å². The lowest BCUT2D eigenvalue weighted by Crippen LogP contribution is -2.44. The molecule has 0 unspecified atom stereocenters. The van der Waals surface area contributed by atoms with E-state index in [0.717, 1.165) is 32.0 Å². The summed E-state index contributed by atoms with van der Waals surface area (Å²) in [4.78, 5) is 12.2. The topological polar surface area (TPSA) is 41.1 Å². The molecule has 1 amide bonds. The molecule has 2 N–H and O–H groups in total. The fraction of sp³-hybridized carbons (Fsp3) is 0.917. The van der Waals surface area contributed by atoms with Gasteiger partial charge in [-0.3, -0.25) is 4.79 Å². The van der Waals surface area contributed by atoms with Crippen molar-refractivity contribution in [2.75, 3.05) is 19.6 Å². The minimum atomic E-state index is -0.0328. The van der Waals surface area contributed by atoms with Crippen LogP contribution in [0.3, 0.4) is 0 Å². The quantitative estimate of drug-likeness (QED) is 0.787. The van der Waals surface area contributed by atoms with E-state index in [0.29, 0.717) is 11.8 Å². The molecule has 3 rings (SSSR count). The monoisotopic (exact) mass is 244 g/mol. The summed E-state index contributed by atoms with van der Waals surface area (Å²) in [6.07, 6.45) is 6.21. The van der Waals surface area contributed by atoms with Crippen LogP contribution in [-0.4, -0.2) is 25.5 Å². The van der Waals surface area contributed by atoms with E-state index < -0.39 is 0 Å². The number of fused-ring (bicyclic) bond motifs is 1. The van der Waals surface area contributed by atoms with Crippen LogP contribution >= 0.6 is 12.4 Å². The van der Waals surface area contributed by atoms with Crippen LogP contribution in [0.15, 0.2) is 0 Å². The molecule has 1 saturated heterocycles. The summed E-state index contributed by atoms with van der Waals surface area (Å²) in [5.74, 6) is 1.73. The first-order valence-corrected chi connectivity index (χ1v) is 6.30. The molecule has 1 aliphatic heterocycles. The van der Waals surface area contributed by atoms with E-state index in [2.05, 4.69) is 10.6 Å². The number of carbonyl (C=O) groups is 1. The summed E-state index contributed by atoms with van der Waals surface area (Å²) in [5, 5.41) is 6.56. The highest BCUT2D eigenvalue weighted by molar-refractivity contribution is 5.85. The number of hydrogen-bond acceptors (Lipinski definition) is 2. The molecular weight excluding hydrogens is 224 g/mol. The average Bonchev–Trinajstić information content (AvgIpc) is 2.81. The maximum absolute atomic E-state index is 12.2. The van der Waals surface area contributed by atoms with Gasteiger partial charge in [0.2, 0.25) is 5.91 Å². The summed E-state index contributed by atoms with van der Waals surface area (Å²) < 4.78 is 0. The number of amides is 1. The van der Waals surface area contributed by atoms with Crippen molar-refractivity contribution in [3.8, 4) is 0 Å². The Kier molecular flexibility index (Phi) is 3.45. The first kappa shape index (κ1) is 12.2. The molecule has 0 aromatic carbocycles. The fourth-order valence-corrected chi connectivity index (χ4v) is 3.26. The summed E-state index contributed by atoms with van der Waals surface area (Å²) in [6.45, 7) is 2.89. The van der Waals surface area contributed by atoms with Gasteiger partial charge in [-0.1, -0.05) is 6.42 Å². The maximum atomic E-state index is 12.2. The van der Waals surface area contributed by atoms with Gasteiger partial charge >= 0.3 is 0 Å². The maximum Gasteiger partial charge on any atom is 0.227 e. The lowest BCUT2D eigenvalue weighted by Gasteiger charge is -2.26. The van der Waals surface area contributed by atoms with Crippen molar-refractivity contribution >= 4 is 18.3 Å². The molecule has 92 valence electrons. The minimum Gasteiger partial charge on any atom is -0.355 e. The Balaban J connectivity index is 0.000000963. The van der Waals surface area contributed by atoms with E-state index in [1.165, 1.54) is 25.7 Å². The van der Waals surface area contributed by atoms with Gasteiger partial charge in [0.15, 0.2) is 0 Å². The number of carbonyl (C=O) groups excluding carboxylic acids is 1. The second kappa shape index (κ2) is 4.53. The molecule has 2 saturated carbocycles. The highest BCUT2D eigenvalue weighted by Crippen LogP contribution is 2.46. The van der Waals surface area contributed by atoms with Gasteiger partial charge in [-0.05, 0) is 44.1 Å². The Labute approximate surface area is 103 Å². The van der Waals surface area contributed by atoms with Gasteiger partial charge in [0.1, 0.15) is 0 Å². The molecule has 3 nitrogen and oxygen atoms in total. The van der Waals surface area contributed by atoms with Crippen LogP contribution < -0.4 is 10.6 Å². The first-order chi connectivity index (χ1) is 7.31. The highest BCUT2D eigenvalue weighted by atomic mass is 35.5. The zero-order valence-corrected chi connectivity index (χ0v) is 10.4. The van der Waals surface area contributed by atoms with Crippen molar-refractivity contribution in [1.29, 1.82) is 0 Å². The van der Waals surface area contributed by atoms with Crippen LogP contribution in [-0.2, 0) is 4.79 Å². The third-order valence-corrected chi connectivity index (χ3v) is 4.49.